The fourth-order valence-corrected chi connectivity index (χ4v) is 1.85. The van der Waals surface area contributed by atoms with Crippen LogP contribution in [0.2, 0.25) is 0 Å². The molecule has 0 aliphatic carbocycles. The molecule has 2 nitrogen and oxygen atoms in total. The van der Waals surface area contributed by atoms with E-state index in [2.05, 4.69) is 0 Å². The molecule has 2 aromatic carbocycles. The third kappa shape index (κ3) is 4.09. The summed E-state index contributed by atoms with van der Waals surface area (Å²) >= 11 is 0. The number of hydrogen-bond donors (Lipinski definition) is 0. The maximum Gasteiger partial charge on any atom is 0.306 e. The van der Waals surface area contributed by atoms with Crippen LogP contribution < -0.4 is 0 Å². The van der Waals surface area contributed by atoms with Crippen molar-refractivity contribution in [1.29, 1.82) is 0 Å². The van der Waals surface area contributed by atoms with Crippen molar-refractivity contribution in [3.05, 3.63) is 77.9 Å². The van der Waals surface area contributed by atoms with Crippen molar-refractivity contribution < 1.29 is 9.53 Å². The van der Waals surface area contributed by atoms with Gasteiger partial charge < -0.3 is 4.74 Å². The highest BCUT2D eigenvalue weighted by Crippen LogP contribution is 2.20. The van der Waals surface area contributed by atoms with Gasteiger partial charge in [0.15, 0.2) is 0 Å². The molecule has 0 amide bonds. The third-order valence-electron chi connectivity index (χ3n) is 2.94. The predicted octanol–water partition coefficient (Wildman–Crippen LogP) is 4.39. The molecule has 2 aromatic rings. The van der Waals surface area contributed by atoms with Crippen molar-refractivity contribution in [2.24, 2.45) is 0 Å². The number of carbonyl (C=O) groups excluding carboxylic acids is 1. The maximum absolute atomic E-state index is 11.6. The maximum atomic E-state index is 11.6. The molecule has 1 atom stereocenters. The Bertz CT molecular complexity index is 558. The topological polar surface area (TPSA) is 26.3 Å². The molecule has 102 valence electrons. The van der Waals surface area contributed by atoms with E-state index in [-0.39, 0.29) is 12.1 Å². The van der Waals surface area contributed by atoms with E-state index in [4.69, 9.17) is 4.74 Å². The highest BCUT2D eigenvalue weighted by Gasteiger charge is 2.12. The molecule has 20 heavy (non-hydrogen) atoms. The van der Waals surface area contributed by atoms with Crippen molar-refractivity contribution in [3.8, 4) is 0 Å². The molecule has 0 saturated heterocycles. The summed E-state index contributed by atoms with van der Waals surface area (Å²) in [6.45, 7) is 1.80. The molecular weight excluding hydrogens is 248 g/mol. The predicted molar refractivity (Wildman–Crippen MR) is 81.0 cm³/mol. The van der Waals surface area contributed by atoms with Gasteiger partial charge in [-0.05, 0) is 17.2 Å². The minimum absolute atomic E-state index is 0.198. The van der Waals surface area contributed by atoms with Gasteiger partial charge in [0.2, 0.25) is 0 Å². The molecular formula is C18H18O2. The fourth-order valence-electron chi connectivity index (χ4n) is 1.85. The highest BCUT2D eigenvalue weighted by atomic mass is 16.5. The Balaban J connectivity index is 2.19. The zero-order valence-electron chi connectivity index (χ0n) is 11.5. The Morgan fingerprint density at radius 2 is 1.65 bits per heavy atom. The Morgan fingerprint density at radius 3 is 2.25 bits per heavy atom. The molecule has 0 heterocycles. The van der Waals surface area contributed by atoms with Crippen molar-refractivity contribution in [3.63, 3.8) is 0 Å². The fraction of sp³-hybridized carbons (Fsp3) is 0.167. The average molecular weight is 266 g/mol. The van der Waals surface area contributed by atoms with Crippen LogP contribution in [0, 0.1) is 0 Å². The van der Waals surface area contributed by atoms with Crippen molar-refractivity contribution >= 4 is 12.0 Å². The van der Waals surface area contributed by atoms with Gasteiger partial charge in [-0.25, -0.2) is 0 Å². The normalized spacial score (nSPS) is 12.2. The molecule has 2 rings (SSSR count). The Morgan fingerprint density at radius 1 is 1.05 bits per heavy atom. The standard InChI is InChI=1S/C18H18O2/c1-2-18(19)20-17(16-11-7-4-8-12-16)14-13-15-9-5-3-6-10-15/h3-14,17H,2H2,1H3/b14-13+. The summed E-state index contributed by atoms with van der Waals surface area (Å²) in [5.74, 6) is -0.198. The SMILES string of the molecule is CCC(=O)OC(/C=C/c1ccccc1)c1ccccc1. The summed E-state index contributed by atoms with van der Waals surface area (Å²) in [5.41, 5.74) is 2.06. The van der Waals surface area contributed by atoms with Crippen LogP contribution in [0.3, 0.4) is 0 Å². The van der Waals surface area contributed by atoms with E-state index in [0.717, 1.165) is 11.1 Å². The van der Waals surface area contributed by atoms with Gasteiger partial charge in [0.05, 0.1) is 0 Å². The smallest absolute Gasteiger partial charge is 0.306 e. The Labute approximate surface area is 119 Å². The lowest BCUT2D eigenvalue weighted by Crippen LogP contribution is -2.08. The first-order chi connectivity index (χ1) is 9.79. The van der Waals surface area contributed by atoms with Crippen LogP contribution in [-0.2, 0) is 9.53 Å². The molecule has 0 saturated carbocycles. The van der Waals surface area contributed by atoms with E-state index in [1.807, 2.05) is 72.8 Å². The average Bonchev–Trinajstić information content (AvgIpc) is 2.53. The zero-order chi connectivity index (χ0) is 14.2. The molecule has 0 fully saturated rings. The van der Waals surface area contributed by atoms with Crippen molar-refractivity contribution in [1.82, 2.24) is 0 Å². The van der Waals surface area contributed by atoms with Crippen LogP contribution in [0.5, 0.6) is 0 Å². The van der Waals surface area contributed by atoms with Crippen LogP contribution in [0.1, 0.15) is 30.6 Å². The Kier molecular flexibility index (Phi) is 5.13. The van der Waals surface area contributed by atoms with Gasteiger partial charge in [-0.15, -0.1) is 0 Å². The molecule has 0 N–H and O–H groups in total. The number of hydrogen-bond acceptors (Lipinski definition) is 2. The van der Waals surface area contributed by atoms with E-state index >= 15 is 0 Å². The van der Waals surface area contributed by atoms with E-state index in [1.165, 1.54) is 0 Å². The summed E-state index contributed by atoms with van der Waals surface area (Å²) in [7, 11) is 0. The van der Waals surface area contributed by atoms with Gasteiger partial charge >= 0.3 is 5.97 Å². The third-order valence-corrected chi connectivity index (χ3v) is 2.94. The summed E-state index contributed by atoms with van der Waals surface area (Å²) in [4.78, 5) is 11.6. The minimum Gasteiger partial charge on any atom is -0.453 e. The lowest BCUT2D eigenvalue weighted by Gasteiger charge is -2.14. The van der Waals surface area contributed by atoms with E-state index < -0.39 is 0 Å². The first-order valence-electron chi connectivity index (χ1n) is 6.77. The second-order valence-corrected chi connectivity index (χ2v) is 4.44. The molecule has 1 unspecified atom stereocenters. The molecule has 0 bridgehead atoms. The molecule has 0 aliphatic heterocycles. The second kappa shape index (κ2) is 7.29. The molecule has 0 spiro atoms. The lowest BCUT2D eigenvalue weighted by molar-refractivity contribution is -0.146. The molecule has 2 heteroatoms. The van der Waals surface area contributed by atoms with Gasteiger partial charge in [0, 0.05) is 6.42 Å². The van der Waals surface area contributed by atoms with Gasteiger partial charge in [-0.3, -0.25) is 4.79 Å². The number of esters is 1. The first kappa shape index (κ1) is 14.1. The van der Waals surface area contributed by atoms with Crippen LogP contribution in [0.25, 0.3) is 6.08 Å². The molecule has 0 radical (unpaired) electrons. The van der Waals surface area contributed by atoms with Crippen LogP contribution >= 0.6 is 0 Å². The number of benzene rings is 2. The minimum atomic E-state index is -0.344. The summed E-state index contributed by atoms with van der Waals surface area (Å²) in [5, 5.41) is 0. The van der Waals surface area contributed by atoms with Crippen LogP contribution in [-0.4, -0.2) is 5.97 Å². The van der Waals surface area contributed by atoms with Crippen molar-refractivity contribution in [2.75, 3.05) is 0 Å². The number of ether oxygens (including phenoxy) is 1. The quantitative estimate of drug-likeness (QED) is 0.750. The van der Waals surface area contributed by atoms with E-state index in [0.29, 0.717) is 6.42 Å². The number of rotatable bonds is 5. The molecule has 0 aliphatic rings. The van der Waals surface area contributed by atoms with Gasteiger partial charge in [0.25, 0.3) is 0 Å². The lowest BCUT2D eigenvalue weighted by atomic mass is 10.1. The monoisotopic (exact) mass is 266 g/mol. The summed E-state index contributed by atoms with van der Waals surface area (Å²) in [6.07, 6.45) is 3.92. The zero-order valence-corrected chi connectivity index (χ0v) is 11.5. The number of carbonyl (C=O) groups is 1. The van der Waals surface area contributed by atoms with E-state index in [9.17, 15) is 4.79 Å². The summed E-state index contributed by atoms with van der Waals surface area (Å²) < 4.78 is 5.48. The van der Waals surface area contributed by atoms with Crippen molar-refractivity contribution in [2.45, 2.75) is 19.4 Å². The highest BCUT2D eigenvalue weighted by molar-refractivity contribution is 5.69. The van der Waals surface area contributed by atoms with Gasteiger partial charge in [-0.1, -0.05) is 73.7 Å². The van der Waals surface area contributed by atoms with E-state index in [1.54, 1.807) is 6.92 Å². The van der Waals surface area contributed by atoms with Crippen LogP contribution in [0.15, 0.2) is 66.7 Å². The molecule has 0 aromatic heterocycles. The van der Waals surface area contributed by atoms with Gasteiger partial charge in [-0.2, -0.15) is 0 Å². The second-order valence-electron chi connectivity index (χ2n) is 4.44. The summed E-state index contributed by atoms with van der Waals surface area (Å²) in [6, 6.07) is 19.7. The van der Waals surface area contributed by atoms with Crippen LogP contribution in [0.4, 0.5) is 0 Å². The van der Waals surface area contributed by atoms with Gasteiger partial charge in [0.1, 0.15) is 6.10 Å². The Hall–Kier alpha value is -2.35. The largest absolute Gasteiger partial charge is 0.453 e. The first-order valence-corrected chi connectivity index (χ1v) is 6.77.